The van der Waals surface area contributed by atoms with Crippen molar-refractivity contribution >= 4 is 21.6 Å². The maximum Gasteiger partial charge on any atom is 0.273 e. The van der Waals surface area contributed by atoms with Crippen LogP contribution in [0.2, 0.25) is 0 Å². The molecular weight excluding hydrogens is 272 g/mol. The van der Waals surface area contributed by atoms with Crippen LogP contribution in [0.3, 0.4) is 0 Å². The minimum atomic E-state index is -0.0372. The first-order chi connectivity index (χ1) is 9.76. The number of nitrogens with zero attached hydrogens (tertiary/aromatic N) is 1. The normalized spacial score (nSPS) is 10.9. The van der Waals surface area contributed by atoms with Crippen LogP contribution in [-0.4, -0.2) is 11.1 Å². The third kappa shape index (κ3) is 1.92. The molecule has 3 aromatic rings. The molecule has 0 unspecified atom stereocenters. The van der Waals surface area contributed by atoms with E-state index in [1.165, 1.54) is 11.5 Å². The Morgan fingerprint density at radius 3 is 2.70 bits per heavy atom. The van der Waals surface area contributed by atoms with Gasteiger partial charge in [0.15, 0.2) is 0 Å². The molecule has 0 amide bonds. The molecule has 0 fully saturated rings. The molecule has 5 heteroatoms. The lowest BCUT2D eigenvalue weighted by Gasteiger charge is -2.12. The van der Waals surface area contributed by atoms with E-state index in [2.05, 4.69) is 0 Å². The van der Waals surface area contributed by atoms with Gasteiger partial charge in [0.05, 0.1) is 17.2 Å². The molecule has 0 aliphatic carbocycles. The largest absolute Gasteiger partial charge is 0.495 e. The SMILES string of the molecule is COc1cccc(CN)c1-n1sc2ccccc2c1=O. The van der Waals surface area contributed by atoms with Crippen molar-refractivity contribution in [2.24, 2.45) is 5.73 Å². The molecule has 0 saturated carbocycles. The minimum absolute atomic E-state index is 0.0372. The van der Waals surface area contributed by atoms with Crippen LogP contribution in [0.4, 0.5) is 0 Å². The molecule has 2 aromatic carbocycles. The Morgan fingerprint density at radius 2 is 2.00 bits per heavy atom. The maximum atomic E-state index is 12.5. The van der Waals surface area contributed by atoms with E-state index in [9.17, 15) is 4.79 Å². The molecule has 0 spiro atoms. The number of hydrogen-bond acceptors (Lipinski definition) is 4. The molecule has 0 atom stereocenters. The fourth-order valence-electron chi connectivity index (χ4n) is 2.25. The highest BCUT2D eigenvalue weighted by Crippen LogP contribution is 2.29. The Kier molecular flexibility index (Phi) is 3.30. The lowest BCUT2D eigenvalue weighted by molar-refractivity contribution is 0.413. The predicted octanol–water partition coefficient (Wildman–Crippen LogP) is 2.52. The summed E-state index contributed by atoms with van der Waals surface area (Å²) in [6, 6.07) is 13.2. The Bertz CT molecular complexity index is 798. The third-order valence-corrected chi connectivity index (χ3v) is 4.30. The predicted molar refractivity (Wildman–Crippen MR) is 81.9 cm³/mol. The molecule has 0 radical (unpaired) electrons. The molecule has 102 valence electrons. The van der Waals surface area contributed by atoms with Gasteiger partial charge in [-0.15, -0.1) is 0 Å². The zero-order valence-electron chi connectivity index (χ0n) is 11.0. The van der Waals surface area contributed by atoms with E-state index < -0.39 is 0 Å². The molecule has 0 aliphatic rings. The molecule has 1 aromatic heterocycles. The number of hydrogen-bond donors (Lipinski definition) is 1. The first-order valence-electron chi connectivity index (χ1n) is 6.23. The van der Waals surface area contributed by atoms with Crippen LogP contribution in [-0.2, 0) is 6.54 Å². The second-order valence-electron chi connectivity index (χ2n) is 4.36. The van der Waals surface area contributed by atoms with Gasteiger partial charge in [0.25, 0.3) is 5.56 Å². The summed E-state index contributed by atoms with van der Waals surface area (Å²) in [5.74, 6) is 0.654. The minimum Gasteiger partial charge on any atom is -0.495 e. The standard InChI is InChI=1S/C15H14N2O2S/c1-19-12-7-4-5-10(9-16)14(12)17-15(18)11-6-2-3-8-13(11)20-17/h2-8H,9,16H2,1H3. The summed E-state index contributed by atoms with van der Waals surface area (Å²) in [6.07, 6.45) is 0. The van der Waals surface area contributed by atoms with Crippen molar-refractivity contribution < 1.29 is 4.74 Å². The van der Waals surface area contributed by atoms with Gasteiger partial charge >= 0.3 is 0 Å². The van der Waals surface area contributed by atoms with Crippen LogP contribution in [0.25, 0.3) is 15.8 Å². The Morgan fingerprint density at radius 1 is 1.20 bits per heavy atom. The van der Waals surface area contributed by atoms with Gasteiger partial charge in [-0.2, -0.15) is 0 Å². The van der Waals surface area contributed by atoms with Gasteiger partial charge in [0.2, 0.25) is 0 Å². The Labute approximate surface area is 120 Å². The fourth-order valence-corrected chi connectivity index (χ4v) is 3.32. The molecule has 0 saturated heterocycles. The van der Waals surface area contributed by atoms with Crippen molar-refractivity contribution in [3.05, 3.63) is 58.4 Å². The molecule has 20 heavy (non-hydrogen) atoms. The van der Waals surface area contributed by atoms with Gasteiger partial charge in [0, 0.05) is 6.54 Å². The summed E-state index contributed by atoms with van der Waals surface area (Å²) < 4.78 is 7.99. The highest BCUT2D eigenvalue weighted by Gasteiger charge is 2.15. The Balaban J connectivity index is 2.36. The van der Waals surface area contributed by atoms with Crippen LogP contribution in [0.5, 0.6) is 5.75 Å². The van der Waals surface area contributed by atoms with Gasteiger partial charge in [-0.1, -0.05) is 35.8 Å². The van der Waals surface area contributed by atoms with Gasteiger partial charge < -0.3 is 10.5 Å². The quantitative estimate of drug-likeness (QED) is 0.805. The smallest absolute Gasteiger partial charge is 0.273 e. The summed E-state index contributed by atoms with van der Waals surface area (Å²) in [4.78, 5) is 12.5. The third-order valence-electron chi connectivity index (χ3n) is 3.22. The van der Waals surface area contributed by atoms with Gasteiger partial charge in [-0.3, -0.25) is 4.79 Å². The lowest BCUT2D eigenvalue weighted by Crippen LogP contribution is -2.15. The monoisotopic (exact) mass is 286 g/mol. The Hall–Kier alpha value is -2.11. The van der Waals surface area contributed by atoms with Gasteiger partial charge in [0.1, 0.15) is 11.4 Å². The number of para-hydroxylation sites is 1. The molecule has 4 nitrogen and oxygen atoms in total. The van der Waals surface area contributed by atoms with Crippen molar-refractivity contribution in [3.63, 3.8) is 0 Å². The van der Waals surface area contributed by atoms with Crippen LogP contribution < -0.4 is 16.0 Å². The van der Waals surface area contributed by atoms with E-state index in [1.54, 1.807) is 11.1 Å². The topological polar surface area (TPSA) is 57.2 Å². The van der Waals surface area contributed by atoms with E-state index in [0.717, 1.165) is 16.0 Å². The molecule has 3 rings (SSSR count). The summed E-state index contributed by atoms with van der Waals surface area (Å²) >= 11 is 1.40. The number of nitrogens with two attached hydrogens (primary N) is 1. The zero-order valence-corrected chi connectivity index (χ0v) is 11.8. The average molecular weight is 286 g/mol. The summed E-state index contributed by atoms with van der Waals surface area (Å²) in [6.45, 7) is 0.354. The van der Waals surface area contributed by atoms with Gasteiger partial charge in [-0.25, -0.2) is 3.96 Å². The summed E-state index contributed by atoms with van der Waals surface area (Å²) in [5.41, 5.74) is 7.38. The zero-order chi connectivity index (χ0) is 14.1. The van der Waals surface area contributed by atoms with Crippen molar-refractivity contribution in [2.45, 2.75) is 6.54 Å². The second kappa shape index (κ2) is 5.11. The summed E-state index contributed by atoms with van der Waals surface area (Å²) in [7, 11) is 1.59. The maximum absolute atomic E-state index is 12.5. The number of benzene rings is 2. The van der Waals surface area contributed by atoms with Crippen molar-refractivity contribution in [2.75, 3.05) is 7.11 Å². The van der Waals surface area contributed by atoms with Crippen molar-refractivity contribution in [1.82, 2.24) is 3.96 Å². The fraction of sp³-hybridized carbons (Fsp3) is 0.133. The average Bonchev–Trinajstić information content (AvgIpc) is 2.83. The number of aromatic nitrogens is 1. The van der Waals surface area contributed by atoms with Crippen LogP contribution in [0.15, 0.2) is 47.3 Å². The van der Waals surface area contributed by atoms with Crippen LogP contribution in [0.1, 0.15) is 5.56 Å². The number of rotatable bonds is 3. The first kappa shape index (κ1) is 12.9. The van der Waals surface area contributed by atoms with E-state index in [-0.39, 0.29) is 5.56 Å². The van der Waals surface area contributed by atoms with Gasteiger partial charge in [-0.05, 0) is 23.8 Å². The van der Waals surface area contributed by atoms with E-state index in [0.29, 0.717) is 17.7 Å². The molecular formula is C15H14N2O2S. The summed E-state index contributed by atoms with van der Waals surface area (Å²) in [5, 5.41) is 0.714. The molecule has 2 N–H and O–H groups in total. The van der Waals surface area contributed by atoms with E-state index >= 15 is 0 Å². The number of fused-ring (bicyclic) bond motifs is 1. The van der Waals surface area contributed by atoms with Crippen molar-refractivity contribution in [1.29, 1.82) is 0 Å². The molecule has 1 heterocycles. The van der Waals surface area contributed by atoms with Crippen molar-refractivity contribution in [3.8, 4) is 11.4 Å². The molecule has 0 aliphatic heterocycles. The first-order valence-corrected chi connectivity index (χ1v) is 7.01. The second-order valence-corrected chi connectivity index (χ2v) is 5.35. The van der Waals surface area contributed by atoms with E-state index in [1.807, 2.05) is 42.5 Å². The number of methoxy groups -OCH3 is 1. The molecule has 0 bridgehead atoms. The van der Waals surface area contributed by atoms with Crippen LogP contribution >= 0.6 is 11.5 Å². The number of ether oxygens (including phenoxy) is 1. The van der Waals surface area contributed by atoms with E-state index in [4.69, 9.17) is 10.5 Å². The highest BCUT2D eigenvalue weighted by atomic mass is 32.1. The highest BCUT2D eigenvalue weighted by molar-refractivity contribution is 7.14. The lowest BCUT2D eigenvalue weighted by atomic mass is 10.1. The van der Waals surface area contributed by atoms with Crippen LogP contribution in [0, 0.1) is 0 Å².